The van der Waals surface area contributed by atoms with Crippen molar-refractivity contribution in [3.05, 3.63) is 105 Å². The van der Waals surface area contributed by atoms with Gasteiger partial charge in [-0.05, 0) is 73.9 Å². The Labute approximate surface area is 196 Å². The summed E-state index contributed by atoms with van der Waals surface area (Å²) in [6.07, 6.45) is 0. The molecule has 7 heteroatoms. The Bertz CT molecular complexity index is 1440. The first-order chi connectivity index (χ1) is 16.3. The number of amides is 1. The van der Waals surface area contributed by atoms with Crippen molar-refractivity contribution in [2.45, 2.75) is 20.8 Å². The monoisotopic (exact) mass is 457 g/mol. The molecule has 0 spiro atoms. The lowest BCUT2D eigenvalue weighted by Gasteiger charge is -2.19. The number of rotatable bonds is 5. The van der Waals surface area contributed by atoms with Crippen molar-refractivity contribution < 1.29 is 13.9 Å². The molecule has 34 heavy (non-hydrogen) atoms. The second-order valence-corrected chi connectivity index (χ2v) is 7.98. The van der Waals surface area contributed by atoms with Gasteiger partial charge in [0.1, 0.15) is 23.1 Å². The number of hydrogen-bond acceptors (Lipinski definition) is 4. The van der Waals surface area contributed by atoms with E-state index in [0.29, 0.717) is 17.0 Å². The van der Waals surface area contributed by atoms with Gasteiger partial charge in [-0.1, -0.05) is 30.3 Å². The molecule has 0 aliphatic rings. The van der Waals surface area contributed by atoms with Crippen LogP contribution in [0.15, 0.2) is 71.5 Å². The second-order valence-electron chi connectivity index (χ2n) is 7.98. The van der Waals surface area contributed by atoms with Crippen LogP contribution in [0.4, 0.5) is 10.2 Å². The summed E-state index contributed by atoms with van der Waals surface area (Å²) in [5, 5.41) is 7.23. The number of carbonyl (C=O) groups excluding carboxylic acids is 1. The molecule has 6 nitrogen and oxygen atoms in total. The van der Waals surface area contributed by atoms with E-state index in [2.05, 4.69) is 10.4 Å². The van der Waals surface area contributed by atoms with Gasteiger partial charge in [0.25, 0.3) is 5.91 Å². The second kappa shape index (κ2) is 9.31. The van der Waals surface area contributed by atoms with E-state index in [1.54, 1.807) is 44.4 Å². The van der Waals surface area contributed by atoms with Crippen LogP contribution in [0.5, 0.6) is 5.75 Å². The summed E-state index contributed by atoms with van der Waals surface area (Å²) in [4.78, 5) is 26.4. The molecule has 0 saturated carbocycles. The average Bonchev–Trinajstić information content (AvgIpc) is 2.83. The molecule has 4 aromatic rings. The van der Waals surface area contributed by atoms with Crippen molar-refractivity contribution in [1.29, 1.82) is 0 Å². The highest BCUT2D eigenvalue weighted by Gasteiger charge is 2.22. The van der Waals surface area contributed by atoms with Crippen LogP contribution in [0, 0.1) is 26.6 Å². The number of halogens is 1. The van der Waals surface area contributed by atoms with Gasteiger partial charge in [-0.3, -0.25) is 9.59 Å². The smallest absolute Gasteiger partial charge is 0.259 e. The molecule has 1 heterocycles. The maximum atomic E-state index is 14.4. The van der Waals surface area contributed by atoms with Crippen molar-refractivity contribution in [2.24, 2.45) is 0 Å². The van der Waals surface area contributed by atoms with Crippen molar-refractivity contribution in [3.63, 3.8) is 0 Å². The number of nitrogens with one attached hydrogen (secondary N) is 1. The van der Waals surface area contributed by atoms with Gasteiger partial charge in [-0.15, -0.1) is 0 Å². The lowest BCUT2D eigenvalue weighted by atomic mass is 10.0. The predicted molar refractivity (Wildman–Crippen MR) is 130 cm³/mol. The molecule has 0 aliphatic carbocycles. The van der Waals surface area contributed by atoms with Gasteiger partial charge in [0.15, 0.2) is 0 Å². The summed E-state index contributed by atoms with van der Waals surface area (Å²) in [6, 6.07) is 18.3. The lowest BCUT2D eigenvalue weighted by Crippen LogP contribution is -2.25. The van der Waals surface area contributed by atoms with Crippen molar-refractivity contribution >= 4 is 11.7 Å². The third-order valence-electron chi connectivity index (χ3n) is 5.72. The van der Waals surface area contributed by atoms with E-state index in [-0.39, 0.29) is 28.1 Å². The Balaban J connectivity index is 1.98. The van der Waals surface area contributed by atoms with Crippen LogP contribution >= 0.6 is 0 Å². The topological polar surface area (TPSA) is 73.2 Å². The molecule has 1 aromatic heterocycles. The largest absolute Gasteiger partial charge is 0.497 e. The summed E-state index contributed by atoms with van der Waals surface area (Å²) in [7, 11) is 1.55. The summed E-state index contributed by atoms with van der Waals surface area (Å²) in [6.45, 7) is 5.58. The molecule has 3 aromatic carbocycles. The van der Waals surface area contributed by atoms with Crippen LogP contribution in [-0.2, 0) is 0 Å². The fraction of sp³-hybridized carbons (Fsp3) is 0.148. The van der Waals surface area contributed by atoms with Crippen molar-refractivity contribution in [1.82, 2.24) is 9.78 Å². The minimum Gasteiger partial charge on any atom is -0.497 e. The molecule has 172 valence electrons. The van der Waals surface area contributed by atoms with Gasteiger partial charge < -0.3 is 10.1 Å². The minimum absolute atomic E-state index is 0.136. The average molecular weight is 458 g/mol. The molecule has 4 rings (SSSR count). The van der Waals surface area contributed by atoms with Gasteiger partial charge in [0.05, 0.1) is 23.9 Å². The van der Waals surface area contributed by atoms with Gasteiger partial charge in [-0.2, -0.15) is 5.10 Å². The molecule has 0 unspecified atom stereocenters. The SMILES string of the molecule is COc1ccc(-c2c(NC(=O)c3ccccc3F)n(-c3ccc(C)c(C)c3)nc(C)c2=O)cc1. The van der Waals surface area contributed by atoms with Gasteiger partial charge in [0.2, 0.25) is 5.43 Å². The van der Waals surface area contributed by atoms with E-state index in [1.165, 1.54) is 22.9 Å². The number of carbonyl (C=O) groups is 1. The number of ether oxygens (including phenoxy) is 1. The number of hydrogen-bond donors (Lipinski definition) is 1. The van der Waals surface area contributed by atoms with Crippen LogP contribution in [0.25, 0.3) is 16.8 Å². The van der Waals surface area contributed by atoms with Gasteiger partial charge in [-0.25, -0.2) is 9.07 Å². The van der Waals surface area contributed by atoms with Crippen molar-refractivity contribution in [3.8, 4) is 22.6 Å². The van der Waals surface area contributed by atoms with E-state index in [4.69, 9.17) is 4.74 Å². The zero-order chi connectivity index (χ0) is 24.4. The molecule has 0 bridgehead atoms. The molecule has 0 atom stereocenters. The van der Waals surface area contributed by atoms with Gasteiger partial charge in [0, 0.05) is 0 Å². The van der Waals surface area contributed by atoms with E-state index in [0.717, 1.165) is 11.1 Å². The molecular formula is C27H24FN3O3. The summed E-state index contributed by atoms with van der Waals surface area (Å²) >= 11 is 0. The molecule has 1 amide bonds. The first-order valence-electron chi connectivity index (χ1n) is 10.7. The van der Waals surface area contributed by atoms with Crippen LogP contribution < -0.4 is 15.5 Å². The Morgan fingerprint density at radius 3 is 2.32 bits per heavy atom. The fourth-order valence-electron chi connectivity index (χ4n) is 3.65. The lowest BCUT2D eigenvalue weighted by molar-refractivity contribution is 0.102. The van der Waals surface area contributed by atoms with Gasteiger partial charge >= 0.3 is 0 Å². The van der Waals surface area contributed by atoms with Crippen LogP contribution in [0.1, 0.15) is 27.2 Å². The molecule has 1 N–H and O–H groups in total. The highest BCUT2D eigenvalue weighted by atomic mass is 19.1. The quantitative estimate of drug-likeness (QED) is 0.446. The standard InChI is InChI=1S/C27H24FN3O3/c1-16-9-12-20(15-17(16)2)31-26(29-27(33)22-7-5-6-8-23(22)28)24(25(32)18(3)30-31)19-10-13-21(34-4)14-11-19/h5-15H,1-4H3,(H,29,33). The zero-order valence-electron chi connectivity index (χ0n) is 19.3. The van der Waals surface area contributed by atoms with E-state index >= 15 is 0 Å². The van der Waals surface area contributed by atoms with Crippen LogP contribution in [-0.4, -0.2) is 22.8 Å². The highest BCUT2D eigenvalue weighted by molar-refractivity contribution is 6.06. The Kier molecular flexibility index (Phi) is 6.27. The number of nitrogens with zero attached hydrogens (tertiary/aromatic N) is 2. The first-order valence-corrected chi connectivity index (χ1v) is 10.7. The Morgan fingerprint density at radius 1 is 0.971 bits per heavy atom. The normalized spacial score (nSPS) is 10.7. The minimum atomic E-state index is -0.685. The molecule has 0 aliphatic heterocycles. The van der Waals surface area contributed by atoms with Crippen LogP contribution in [0.2, 0.25) is 0 Å². The fourth-order valence-corrected chi connectivity index (χ4v) is 3.65. The summed E-state index contributed by atoms with van der Waals surface area (Å²) in [5.74, 6) is -0.570. The van der Waals surface area contributed by atoms with E-state index in [1.807, 2.05) is 32.0 Å². The Hall–Kier alpha value is -4.26. The third kappa shape index (κ3) is 4.32. The first kappa shape index (κ1) is 22.9. The third-order valence-corrected chi connectivity index (χ3v) is 5.72. The number of aromatic nitrogens is 2. The maximum absolute atomic E-state index is 14.4. The number of aryl methyl sites for hydroxylation is 3. The number of anilines is 1. The van der Waals surface area contributed by atoms with E-state index < -0.39 is 11.7 Å². The predicted octanol–water partition coefficient (Wildman–Crippen LogP) is 5.22. The Morgan fingerprint density at radius 2 is 1.68 bits per heavy atom. The van der Waals surface area contributed by atoms with E-state index in [9.17, 15) is 14.0 Å². The zero-order valence-corrected chi connectivity index (χ0v) is 19.3. The van der Waals surface area contributed by atoms with Crippen LogP contribution in [0.3, 0.4) is 0 Å². The molecule has 0 fully saturated rings. The molecule has 0 radical (unpaired) electrons. The summed E-state index contributed by atoms with van der Waals surface area (Å²) < 4.78 is 21.1. The van der Waals surface area contributed by atoms with Crippen molar-refractivity contribution in [2.75, 3.05) is 12.4 Å². The molecular weight excluding hydrogens is 433 g/mol. The number of benzene rings is 3. The molecule has 0 saturated heterocycles. The number of methoxy groups -OCH3 is 1. The maximum Gasteiger partial charge on any atom is 0.259 e. The summed E-state index contributed by atoms with van der Waals surface area (Å²) in [5.41, 5.74) is 3.37. The highest BCUT2D eigenvalue weighted by Crippen LogP contribution is 2.29.